The summed E-state index contributed by atoms with van der Waals surface area (Å²) in [5, 5.41) is 2.42. The molecule has 1 unspecified atom stereocenters. The van der Waals surface area contributed by atoms with Gasteiger partial charge in [-0.15, -0.1) is 0 Å². The van der Waals surface area contributed by atoms with E-state index in [9.17, 15) is 22.4 Å². The van der Waals surface area contributed by atoms with Gasteiger partial charge in [-0.3, -0.25) is 25.4 Å². The number of fused-ring (bicyclic) bond motifs is 1. The Morgan fingerprint density at radius 2 is 1.62 bits per heavy atom. The highest BCUT2D eigenvalue weighted by Crippen LogP contribution is 2.49. The van der Waals surface area contributed by atoms with Crippen molar-refractivity contribution in [2.24, 2.45) is 0 Å². The Balaban J connectivity index is 1.40. The number of hydrogen-bond donors (Lipinski definition) is 3. The molecule has 216 valence electrons. The minimum atomic E-state index is -4.98. The molecule has 5 rings (SSSR count). The lowest BCUT2D eigenvalue weighted by molar-refractivity contribution is -0.269. The zero-order chi connectivity index (χ0) is 29.9. The smallest absolute Gasteiger partial charge is 0.327 e. The molecule has 1 aliphatic rings. The molecule has 1 heterocycles. The van der Waals surface area contributed by atoms with Crippen molar-refractivity contribution in [3.63, 3.8) is 0 Å². The van der Waals surface area contributed by atoms with Crippen molar-refractivity contribution in [2.75, 3.05) is 0 Å². The van der Waals surface area contributed by atoms with Gasteiger partial charge in [0.05, 0.1) is 22.3 Å². The topological polar surface area (TPSA) is 71.6 Å². The average molecular weight is 618 g/mol. The van der Waals surface area contributed by atoms with Gasteiger partial charge in [0, 0.05) is 29.1 Å². The molecular weight excluding hydrogens is 597 g/mol. The molecule has 0 saturated heterocycles. The molecule has 0 bridgehead atoms. The van der Waals surface area contributed by atoms with Crippen LogP contribution in [0.1, 0.15) is 27.0 Å². The fourth-order valence-electron chi connectivity index (χ4n) is 4.45. The standard InChI is InChI=1S/C30H21Cl2F4N3O3/c31-24-14-19(15-25(32)27(24)33)29(30(34,35)36)16-26(39-42-29)22-10-11-23(21-9-5-4-8-20(21)22)28(40)37-12-13-38-41-17-18-6-2-1-3-7-18/h1-16,38-39H,17H2,(H,37,40). The molecule has 4 aromatic rings. The summed E-state index contributed by atoms with van der Waals surface area (Å²) in [6.07, 6.45) is -1.38. The molecular formula is C30H21Cl2F4N3O3. The van der Waals surface area contributed by atoms with E-state index >= 15 is 0 Å². The summed E-state index contributed by atoms with van der Waals surface area (Å²) >= 11 is 11.6. The van der Waals surface area contributed by atoms with Crippen molar-refractivity contribution in [1.82, 2.24) is 16.3 Å². The Hall–Kier alpha value is -4.09. The van der Waals surface area contributed by atoms with E-state index < -0.39 is 39.1 Å². The summed E-state index contributed by atoms with van der Waals surface area (Å²) in [6, 6.07) is 20.8. The maximum atomic E-state index is 14.5. The van der Waals surface area contributed by atoms with Crippen molar-refractivity contribution >= 4 is 45.6 Å². The second kappa shape index (κ2) is 12.0. The van der Waals surface area contributed by atoms with E-state index in [0.717, 1.165) is 23.8 Å². The van der Waals surface area contributed by atoms with Crippen LogP contribution in [0, 0.1) is 5.82 Å². The van der Waals surface area contributed by atoms with Gasteiger partial charge in [-0.2, -0.15) is 13.2 Å². The number of nitrogens with one attached hydrogen (secondary N) is 3. The molecule has 0 radical (unpaired) electrons. The first kappa shape index (κ1) is 29.4. The van der Waals surface area contributed by atoms with Gasteiger partial charge >= 0.3 is 6.18 Å². The zero-order valence-electron chi connectivity index (χ0n) is 21.4. The van der Waals surface area contributed by atoms with E-state index in [1.54, 1.807) is 24.3 Å². The SMILES string of the molecule is O=C(NC=CNOCc1ccccc1)c1ccc(C2=CC(c3cc(Cl)c(F)c(Cl)c3)(C(F)(F)F)ON2)c2ccccc12. The Bertz CT molecular complexity index is 1670. The molecule has 4 aromatic carbocycles. The van der Waals surface area contributed by atoms with E-state index in [2.05, 4.69) is 16.3 Å². The van der Waals surface area contributed by atoms with Crippen LogP contribution in [0.5, 0.6) is 0 Å². The van der Waals surface area contributed by atoms with Crippen molar-refractivity contribution in [3.8, 4) is 0 Å². The quantitative estimate of drug-likeness (QED) is 0.0824. The van der Waals surface area contributed by atoms with Crippen molar-refractivity contribution in [1.29, 1.82) is 0 Å². The van der Waals surface area contributed by atoms with Gasteiger partial charge in [-0.1, -0.05) is 83.9 Å². The third-order valence-electron chi connectivity index (χ3n) is 6.49. The monoisotopic (exact) mass is 617 g/mol. The molecule has 1 aliphatic heterocycles. The Kier molecular flexibility index (Phi) is 8.42. The minimum absolute atomic E-state index is 0.0216. The lowest BCUT2D eigenvalue weighted by Gasteiger charge is -2.28. The van der Waals surface area contributed by atoms with E-state index in [4.69, 9.17) is 32.9 Å². The number of carbonyl (C=O) groups is 1. The second-order valence-electron chi connectivity index (χ2n) is 9.15. The summed E-state index contributed by atoms with van der Waals surface area (Å²) < 4.78 is 57.3. The number of amides is 1. The van der Waals surface area contributed by atoms with Crippen LogP contribution in [-0.2, 0) is 21.9 Å². The first-order valence-electron chi connectivity index (χ1n) is 12.4. The van der Waals surface area contributed by atoms with E-state index in [1.807, 2.05) is 30.3 Å². The van der Waals surface area contributed by atoms with Crippen LogP contribution < -0.4 is 16.3 Å². The van der Waals surface area contributed by atoms with Crippen molar-refractivity contribution in [2.45, 2.75) is 18.4 Å². The molecule has 0 aliphatic carbocycles. The van der Waals surface area contributed by atoms with E-state index in [0.29, 0.717) is 22.9 Å². The number of rotatable bonds is 8. The largest absolute Gasteiger partial charge is 0.428 e. The fourth-order valence-corrected chi connectivity index (χ4v) is 4.94. The van der Waals surface area contributed by atoms with Gasteiger partial charge in [0.25, 0.3) is 5.91 Å². The first-order valence-corrected chi connectivity index (χ1v) is 13.1. The van der Waals surface area contributed by atoms with Gasteiger partial charge in [0.2, 0.25) is 5.60 Å². The zero-order valence-corrected chi connectivity index (χ0v) is 22.9. The number of hydrogen-bond acceptors (Lipinski definition) is 5. The lowest BCUT2D eigenvalue weighted by atomic mass is 9.90. The summed E-state index contributed by atoms with van der Waals surface area (Å²) in [4.78, 5) is 23.4. The maximum Gasteiger partial charge on any atom is 0.428 e. The van der Waals surface area contributed by atoms with Gasteiger partial charge in [-0.25, -0.2) is 4.39 Å². The molecule has 0 aromatic heterocycles. The predicted molar refractivity (Wildman–Crippen MR) is 151 cm³/mol. The van der Waals surface area contributed by atoms with Crippen molar-refractivity contribution in [3.05, 3.63) is 135 Å². The van der Waals surface area contributed by atoms with E-state index in [-0.39, 0.29) is 11.3 Å². The molecule has 6 nitrogen and oxygen atoms in total. The van der Waals surface area contributed by atoms with Gasteiger partial charge < -0.3 is 5.32 Å². The minimum Gasteiger partial charge on any atom is -0.327 e. The third kappa shape index (κ3) is 5.79. The maximum absolute atomic E-state index is 14.5. The molecule has 1 amide bonds. The number of halogens is 6. The molecule has 3 N–H and O–H groups in total. The first-order chi connectivity index (χ1) is 20.1. The number of benzene rings is 4. The number of carbonyl (C=O) groups excluding carboxylic acids is 1. The average Bonchev–Trinajstić information content (AvgIpc) is 3.44. The van der Waals surface area contributed by atoms with Gasteiger partial charge in [-0.05, 0) is 40.6 Å². The summed E-state index contributed by atoms with van der Waals surface area (Å²) in [5.74, 6) is -1.50. The number of hydroxylamine groups is 2. The van der Waals surface area contributed by atoms with Crippen LogP contribution in [0.4, 0.5) is 17.6 Å². The van der Waals surface area contributed by atoms with Crippen LogP contribution in [0.15, 0.2) is 97.3 Å². The van der Waals surface area contributed by atoms with Crippen LogP contribution in [0.2, 0.25) is 10.0 Å². The second-order valence-corrected chi connectivity index (χ2v) is 9.97. The summed E-state index contributed by atoms with van der Waals surface area (Å²) in [5.41, 5.74) is 3.00. The molecule has 1 atom stereocenters. The Morgan fingerprint density at radius 3 is 2.31 bits per heavy atom. The number of alkyl halides is 3. The van der Waals surface area contributed by atoms with E-state index in [1.165, 1.54) is 24.5 Å². The normalized spacial score (nSPS) is 16.9. The van der Waals surface area contributed by atoms with Crippen LogP contribution in [0.3, 0.4) is 0 Å². The van der Waals surface area contributed by atoms with Crippen LogP contribution in [0.25, 0.3) is 16.5 Å². The van der Waals surface area contributed by atoms with Crippen LogP contribution in [-0.4, -0.2) is 12.1 Å². The third-order valence-corrected chi connectivity index (χ3v) is 7.04. The summed E-state index contributed by atoms with van der Waals surface area (Å²) in [6.45, 7) is 0.315. The van der Waals surface area contributed by atoms with Gasteiger partial charge in [0.1, 0.15) is 0 Å². The molecule has 42 heavy (non-hydrogen) atoms. The highest BCUT2D eigenvalue weighted by molar-refractivity contribution is 6.35. The fraction of sp³-hybridized carbons (Fsp3) is 0.100. The van der Waals surface area contributed by atoms with Crippen LogP contribution >= 0.6 is 23.2 Å². The lowest BCUT2D eigenvalue weighted by Crippen LogP contribution is -2.42. The molecule has 0 fully saturated rings. The highest BCUT2D eigenvalue weighted by Gasteiger charge is 2.60. The van der Waals surface area contributed by atoms with Crippen molar-refractivity contribution < 1.29 is 32.0 Å². The Morgan fingerprint density at radius 1 is 0.952 bits per heavy atom. The highest BCUT2D eigenvalue weighted by atomic mass is 35.5. The Labute approximate surface area is 247 Å². The predicted octanol–water partition coefficient (Wildman–Crippen LogP) is 7.54. The summed E-state index contributed by atoms with van der Waals surface area (Å²) in [7, 11) is 0. The molecule has 12 heteroatoms. The van der Waals surface area contributed by atoms with Gasteiger partial charge in [0.15, 0.2) is 5.82 Å². The molecule has 0 spiro atoms. The molecule has 0 saturated carbocycles.